The molecular weight excluding hydrogens is 254 g/mol. The molecule has 20 heavy (non-hydrogen) atoms. The Morgan fingerprint density at radius 3 is 2.90 bits per heavy atom. The summed E-state index contributed by atoms with van der Waals surface area (Å²) in [5.74, 6) is 0.228. The second-order valence-corrected chi connectivity index (χ2v) is 4.46. The number of nitriles is 1. The zero-order valence-corrected chi connectivity index (χ0v) is 11.4. The first-order valence-electron chi connectivity index (χ1n) is 6.18. The van der Waals surface area contributed by atoms with Crippen molar-refractivity contribution >= 4 is 12.0 Å². The molecule has 0 atom stereocenters. The van der Waals surface area contributed by atoms with Crippen LogP contribution in [-0.4, -0.2) is 10.9 Å². The highest BCUT2D eigenvalue weighted by atomic mass is 16.3. The van der Waals surface area contributed by atoms with Crippen molar-refractivity contribution in [2.24, 2.45) is 0 Å². The molecule has 0 radical (unpaired) electrons. The summed E-state index contributed by atoms with van der Waals surface area (Å²) in [6.07, 6.45) is 3.12. The van der Waals surface area contributed by atoms with Gasteiger partial charge in [0.1, 0.15) is 17.4 Å². The Labute approximate surface area is 116 Å². The summed E-state index contributed by atoms with van der Waals surface area (Å²) in [7, 11) is 0. The van der Waals surface area contributed by atoms with Crippen LogP contribution >= 0.6 is 0 Å². The van der Waals surface area contributed by atoms with Crippen molar-refractivity contribution in [3.63, 3.8) is 0 Å². The van der Waals surface area contributed by atoms with E-state index >= 15 is 0 Å². The quantitative estimate of drug-likeness (QED) is 0.660. The number of carbonyl (C=O) groups excluding carboxylic acids is 1. The van der Waals surface area contributed by atoms with Crippen molar-refractivity contribution in [1.29, 1.82) is 5.26 Å². The number of H-pyrrole nitrogens is 1. The minimum Gasteiger partial charge on any atom is -0.467 e. The summed E-state index contributed by atoms with van der Waals surface area (Å²) in [5.41, 5.74) is 2.82. The fourth-order valence-electron chi connectivity index (χ4n) is 1.88. The molecule has 0 spiro atoms. The van der Waals surface area contributed by atoms with Crippen LogP contribution in [-0.2, 0) is 11.3 Å². The number of furan rings is 1. The highest BCUT2D eigenvalue weighted by Gasteiger charge is 2.10. The largest absolute Gasteiger partial charge is 0.467 e. The summed E-state index contributed by atoms with van der Waals surface area (Å²) in [6, 6.07) is 7.32. The van der Waals surface area contributed by atoms with Crippen LogP contribution in [0, 0.1) is 25.2 Å². The van der Waals surface area contributed by atoms with E-state index < -0.39 is 5.91 Å². The lowest BCUT2D eigenvalue weighted by Crippen LogP contribution is -2.23. The van der Waals surface area contributed by atoms with Crippen LogP contribution in [0.4, 0.5) is 0 Å². The third-order valence-corrected chi connectivity index (χ3v) is 2.86. The Balaban J connectivity index is 2.09. The van der Waals surface area contributed by atoms with Crippen LogP contribution in [0.1, 0.15) is 22.7 Å². The van der Waals surface area contributed by atoms with Gasteiger partial charge in [-0.3, -0.25) is 4.79 Å². The minimum atomic E-state index is -0.415. The van der Waals surface area contributed by atoms with Crippen molar-refractivity contribution < 1.29 is 9.21 Å². The normalized spacial score (nSPS) is 11.2. The van der Waals surface area contributed by atoms with Crippen molar-refractivity contribution in [3.8, 4) is 6.07 Å². The second kappa shape index (κ2) is 5.93. The van der Waals surface area contributed by atoms with Gasteiger partial charge in [0.25, 0.3) is 5.91 Å². The molecule has 0 fully saturated rings. The lowest BCUT2D eigenvalue weighted by Gasteiger charge is -2.01. The monoisotopic (exact) mass is 269 g/mol. The molecule has 2 aromatic rings. The zero-order chi connectivity index (χ0) is 14.5. The molecule has 0 bridgehead atoms. The van der Waals surface area contributed by atoms with Gasteiger partial charge in [0.2, 0.25) is 0 Å². The molecule has 0 saturated carbocycles. The lowest BCUT2D eigenvalue weighted by atomic mass is 10.1. The van der Waals surface area contributed by atoms with Crippen molar-refractivity contribution in [2.75, 3.05) is 0 Å². The predicted molar refractivity (Wildman–Crippen MR) is 74.4 cm³/mol. The maximum absolute atomic E-state index is 11.9. The maximum Gasteiger partial charge on any atom is 0.262 e. The number of nitrogens with one attached hydrogen (secondary N) is 2. The fourth-order valence-corrected chi connectivity index (χ4v) is 1.88. The van der Waals surface area contributed by atoms with Crippen LogP contribution < -0.4 is 5.32 Å². The molecule has 102 valence electrons. The molecule has 1 amide bonds. The van der Waals surface area contributed by atoms with E-state index in [4.69, 9.17) is 9.68 Å². The highest BCUT2D eigenvalue weighted by molar-refractivity contribution is 6.01. The van der Waals surface area contributed by atoms with E-state index in [0.717, 1.165) is 17.0 Å². The summed E-state index contributed by atoms with van der Waals surface area (Å²) in [5, 5.41) is 11.7. The van der Waals surface area contributed by atoms with Crippen LogP contribution in [0.15, 0.2) is 34.5 Å². The van der Waals surface area contributed by atoms with E-state index in [1.807, 2.05) is 26.0 Å². The van der Waals surface area contributed by atoms with Gasteiger partial charge in [0.05, 0.1) is 12.8 Å². The lowest BCUT2D eigenvalue weighted by molar-refractivity contribution is -0.117. The summed E-state index contributed by atoms with van der Waals surface area (Å²) < 4.78 is 5.12. The fraction of sp³-hybridized carbons (Fsp3) is 0.200. The summed E-state index contributed by atoms with van der Waals surface area (Å²) >= 11 is 0. The Bertz CT molecular complexity index is 673. The smallest absolute Gasteiger partial charge is 0.262 e. The Morgan fingerprint density at radius 2 is 2.35 bits per heavy atom. The first kappa shape index (κ1) is 13.7. The van der Waals surface area contributed by atoms with Gasteiger partial charge >= 0.3 is 0 Å². The molecule has 2 heterocycles. The van der Waals surface area contributed by atoms with Crippen LogP contribution in [0.3, 0.4) is 0 Å². The van der Waals surface area contributed by atoms with Gasteiger partial charge in [0, 0.05) is 11.4 Å². The van der Waals surface area contributed by atoms with Crippen LogP contribution in [0.5, 0.6) is 0 Å². The number of hydrogen-bond acceptors (Lipinski definition) is 3. The molecule has 0 aromatic carbocycles. The Kier molecular flexibility index (Phi) is 4.06. The van der Waals surface area contributed by atoms with E-state index in [-0.39, 0.29) is 12.1 Å². The zero-order valence-electron chi connectivity index (χ0n) is 11.4. The van der Waals surface area contributed by atoms with Crippen molar-refractivity contribution in [2.45, 2.75) is 20.4 Å². The van der Waals surface area contributed by atoms with Gasteiger partial charge in [-0.05, 0) is 43.7 Å². The van der Waals surface area contributed by atoms with Gasteiger partial charge in [-0.25, -0.2) is 0 Å². The number of nitrogens with zero attached hydrogens (tertiary/aromatic N) is 1. The first-order chi connectivity index (χ1) is 9.60. The third-order valence-electron chi connectivity index (χ3n) is 2.86. The first-order valence-corrected chi connectivity index (χ1v) is 6.18. The van der Waals surface area contributed by atoms with Gasteiger partial charge < -0.3 is 14.7 Å². The molecule has 0 aliphatic heterocycles. The third kappa shape index (κ3) is 3.18. The summed E-state index contributed by atoms with van der Waals surface area (Å²) in [4.78, 5) is 15.1. The van der Waals surface area contributed by atoms with Gasteiger partial charge in [0.15, 0.2) is 0 Å². The number of aromatic nitrogens is 1. The van der Waals surface area contributed by atoms with Gasteiger partial charge in [-0.15, -0.1) is 0 Å². The molecule has 2 aromatic heterocycles. The standard InChI is InChI=1S/C15H15N3O2/c1-10-6-12(11(2)18-10)7-13(8-16)15(19)17-9-14-4-3-5-20-14/h3-7,18H,9H2,1-2H3,(H,17,19). The van der Waals surface area contributed by atoms with Crippen molar-refractivity contribution in [3.05, 3.63) is 52.7 Å². The van der Waals surface area contributed by atoms with Crippen LogP contribution in [0.2, 0.25) is 0 Å². The average molecular weight is 269 g/mol. The molecule has 0 saturated heterocycles. The number of rotatable bonds is 4. The van der Waals surface area contributed by atoms with E-state index in [1.54, 1.807) is 18.2 Å². The molecular formula is C15H15N3O2. The molecule has 0 aliphatic carbocycles. The van der Waals surface area contributed by atoms with Crippen molar-refractivity contribution in [1.82, 2.24) is 10.3 Å². The second-order valence-electron chi connectivity index (χ2n) is 4.46. The van der Waals surface area contributed by atoms with E-state index in [0.29, 0.717) is 5.76 Å². The van der Waals surface area contributed by atoms with Crippen LogP contribution in [0.25, 0.3) is 6.08 Å². The number of amides is 1. The molecule has 5 nitrogen and oxygen atoms in total. The predicted octanol–water partition coefficient (Wildman–Crippen LogP) is 2.45. The molecule has 5 heteroatoms. The minimum absolute atomic E-state index is 0.0682. The topological polar surface area (TPSA) is 81.8 Å². The molecule has 0 unspecified atom stereocenters. The van der Waals surface area contributed by atoms with Gasteiger partial charge in [-0.2, -0.15) is 5.26 Å². The Hall–Kier alpha value is -2.74. The molecule has 2 rings (SSSR count). The van der Waals surface area contributed by atoms with E-state index in [2.05, 4.69) is 10.3 Å². The SMILES string of the molecule is Cc1cc(C=C(C#N)C(=O)NCc2ccco2)c(C)[nH]1. The number of aromatic amines is 1. The average Bonchev–Trinajstić information content (AvgIpc) is 3.03. The number of carbonyl (C=O) groups is 1. The Morgan fingerprint density at radius 1 is 1.55 bits per heavy atom. The number of hydrogen-bond donors (Lipinski definition) is 2. The van der Waals surface area contributed by atoms with Gasteiger partial charge in [-0.1, -0.05) is 0 Å². The number of aryl methyl sites for hydroxylation is 2. The molecule has 2 N–H and O–H groups in total. The van der Waals surface area contributed by atoms with E-state index in [9.17, 15) is 4.79 Å². The van der Waals surface area contributed by atoms with E-state index in [1.165, 1.54) is 6.26 Å². The molecule has 0 aliphatic rings. The highest BCUT2D eigenvalue weighted by Crippen LogP contribution is 2.13. The summed E-state index contributed by atoms with van der Waals surface area (Å²) in [6.45, 7) is 4.08. The maximum atomic E-state index is 11.9.